The van der Waals surface area contributed by atoms with Crippen molar-refractivity contribution in [3.8, 4) is 11.5 Å². The maximum atomic E-state index is 4.90. The molecule has 1 aliphatic rings. The third-order valence-electron chi connectivity index (χ3n) is 4.68. The van der Waals surface area contributed by atoms with Crippen LogP contribution >= 0.6 is 0 Å². The second-order valence-electron chi connectivity index (χ2n) is 6.36. The minimum absolute atomic E-state index is 0.449. The summed E-state index contributed by atoms with van der Waals surface area (Å²) >= 11 is 0. The van der Waals surface area contributed by atoms with Crippen molar-refractivity contribution in [1.82, 2.24) is 24.9 Å². The molecule has 1 saturated heterocycles. The normalized spacial score (nSPS) is 17.4. The molecule has 5 rings (SSSR count). The van der Waals surface area contributed by atoms with Crippen LogP contribution in [0.2, 0.25) is 0 Å². The van der Waals surface area contributed by atoms with Crippen LogP contribution in [0.3, 0.4) is 0 Å². The molecule has 6 heteroatoms. The average molecular weight is 330 g/mol. The summed E-state index contributed by atoms with van der Waals surface area (Å²) < 4.78 is 1.96. The van der Waals surface area contributed by atoms with Gasteiger partial charge in [-0.3, -0.25) is 4.40 Å². The average Bonchev–Trinajstić information content (AvgIpc) is 3.31. The molecule has 1 fully saturated rings. The van der Waals surface area contributed by atoms with E-state index in [1.807, 2.05) is 34.9 Å². The van der Waals surface area contributed by atoms with E-state index >= 15 is 0 Å². The molecule has 0 spiro atoms. The molecule has 3 aromatic heterocycles. The van der Waals surface area contributed by atoms with Gasteiger partial charge in [-0.1, -0.05) is 24.3 Å². The van der Waals surface area contributed by atoms with E-state index in [9.17, 15) is 0 Å². The van der Waals surface area contributed by atoms with E-state index in [1.54, 1.807) is 0 Å². The number of nitrogens with zero attached hydrogens (tertiary/aromatic N) is 4. The maximum Gasteiger partial charge on any atom is 0.187 e. The van der Waals surface area contributed by atoms with Crippen LogP contribution in [0.25, 0.3) is 28.1 Å². The number of aromatic nitrogens is 4. The van der Waals surface area contributed by atoms with Gasteiger partial charge in [-0.2, -0.15) is 0 Å². The lowest BCUT2D eigenvalue weighted by Crippen LogP contribution is -2.22. The Balaban J connectivity index is 1.62. The summed E-state index contributed by atoms with van der Waals surface area (Å²) in [6.07, 6.45) is 3.09. The lowest BCUT2D eigenvalue weighted by Gasteiger charge is -2.15. The number of hydrogen-bond donors (Lipinski definition) is 2. The minimum Gasteiger partial charge on any atom is -0.379 e. The number of para-hydroxylation sites is 1. The van der Waals surface area contributed by atoms with Gasteiger partial charge in [0.2, 0.25) is 0 Å². The number of benzene rings is 1. The Morgan fingerprint density at radius 2 is 2.04 bits per heavy atom. The van der Waals surface area contributed by atoms with Crippen LogP contribution in [-0.2, 0) is 0 Å². The molecule has 6 nitrogen and oxygen atoms in total. The summed E-state index contributed by atoms with van der Waals surface area (Å²) in [6.45, 7) is 2.05. The molecule has 2 N–H and O–H groups in total. The number of anilines is 1. The number of nitrogens with one attached hydrogen (secondary N) is 2. The van der Waals surface area contributed by atoms with Crippen molar-refractivity contribution in [1.29, 1.82) is 0 Å². The highest BCUT2D eigenvalue weighted by atomic mass is 15.2. The van der Waals surface area contributed by atoms with Crippen molar-refractivity contribution in [3.63, 3.8) is 0 Å². The van der Waals surface area contributed by atoms with Crippen molar-refractivity contribution < 1.29 is 0 Å². The van der Waals surface area contributed by atoms with Crippen LogP contribution in [0.5, 0.6) is 0 Å². The molecular weight excluding hydrogens is 312 g/mol. The van der Waals surface area contributed by atoms with Crippen LogP contribution in [0.15, 0.2) is 54.7 Å². The van der Waals surface area contributed by atoms with Gasteiger partial charge in [0.05, 0.1) is 11.2 Å². The first kappa shape index (κ1) is 14.4. The lowest BCUT2D eigenvalue weighted by atomic mass is 10.1. The molecule has 4 heterocycles. The fourth-order valence-corrected chi connectivity index (χ4v) is 3.40. The largest absolute Gasteiger partial charge is 0.379 e. The number of rotatable bonds is 3. The summed E-state index contributed by atoms with van der Waals surface area (Å²) in [5.41, 5.74) is 3.69. The zero-order chi connectivity index (χ0) is 16.6. The first-order valence-corrected chi connectivity index (χ1v) is 8.56. The molecule has 4 aromatic rings. The molecule has 0 radical (unpaired) electrons. The molecule has 0 aliphatic carbocycles. The van der Waals surface area contributed by atoms with Crippen molar-refractivity contribution in [2.45, 2.75) is 12.5 Å². The first-order valence-electron chi connectivity index (χ1n) is 8.56. The van der Waals surface area contributed by atoms with Crippen molar-refractivity contribution in [2.24, 2.45) is 0 Å². The zero-order valence-corrected chi connectivity index (χ0v) is 13.7. The van der Waals surface area contributed by atoms with Gasteiger partial charge < -0.3 is 10.6 Å². The second kappa shape index (κ2) is 5.82. The minimum atomic E-state index is 0.449. The molecule has 0 saturated carbocycles. The molecule has 124 valence electrons. The highest BCUT2D eigenvalue weighted by Gasteiger charge is 2.16. The summed E-state index contributed by atoms with van der Waals surface area (Å²) in [7, 11) is 0. The molecule has 0 bridgehead atoms. The van der Waals surface area contributed by atoms with Gasteiger partial charge in [-0.05, 0) is 37.2 Å². The van der Waals surface area contributed by atoms with E-state index in [0.717, 1.165) is 53.3 Å². The quantitative estimate of drug-likeness (QED) is 0.604. The smallest absolute Gasteiger partial charge is 0.187 e. The Kier molecular flexibility index (Phi) is 3.34. The molecule has 0 amide bonds. The molecule has 25 heavy (non-hydrogen) atoms. The van der Waals surface area contributed by atoms with Crippen LogP contribution in [0, 0.1) is 0 Å². The van der Waals surface area contributed by atoms with E-state index in [4.69, 9.17) is 4.98 Å². The third-order valence-corrected chi connectivity index (χ3v) is 4.68. The zero-order valence-electron chi connectivity index (χ0n) is 13.7. The van der Waals surface area contributed by atoms with Gasteiger partial charge in [-0.15, -0.1) is 10.2 Å². The third kappa shape index (κ3) is 2.51. The summed E-state index contributed by atoms with van der Waals surface area (Å²) in [5.74, 6) is 0.759. The Labute approximate surface area is 144 Å². The van der Waals surface area contributed by atoms with E-state index in [2.05, 4.69) is 45.1 Å². The molecule has 1 atom stereocenters. The van der Waals surface area contributed by atoms with Gasteiger partial charge in [0.1, 0.15) is 5.69 Å². The van der Waals surface area contributed by atoms with Crippen LogP contribution in [0.4, 0.5) is 5.69 Å². The fourth-order valence-electron chi connectivity index (χ4n) is 3.40. The van der Waals surface area contributed by atoms with Gasteiger partial charge in [0, 0.05) is 24.2 Å². The van der Waals surface area contributed by atoms with Crippen LogP contribution in [-0.4, -0.2) is 38.7 Å². The van der Waals surface area contributed by atoms with E-state index in [1.165, 1.54) is 0 Å². The lowest BCUT2D eigenvalue weighted by molar-refractivity contribution is 0.794. The standard InChI is InChI=1S/C19H18N6/c1-2-11-25-17(6-1)23-24-19(25)16-8-7-13-4-3-5-15(18(13)22-16)21-14-9-10-20-12-14/h1-8,11,14,20-21H,9-10,12H2/t14-/m0/s1. The SMILES string of the molecule is c1cc(N[C@H]2CCNC2)c2nc(-c3nnc4ccccn34)ccc2c1. The van der Waals surface area contributed by atoms with Gasteiger partial charge in [-0.25, -0.2) is 4.98 Å². The highest BCUT2D eigenvalue weighted by molar-refractivity contribution is 5.91. The highest BCUT2D eigenvalue weighted by Crippen LogP contribution is 2.26. The van der Waals surface area contributed by atoms with Crippen molar-refractivity contribution >= 4 is 22.2 Å². The van der Waals surface area contributed by atoms with E-state index in [0.29, 0.717) is 6.04 Å². The van der Waals surface area contributed by atoms with Crippen LogP contribution in [0.1, 0.15) is 6.42 Å². The first-order chi connectivity index (χ1) is 12.4. The van der Waals surface area contributed by atoms with E-state index < -0.39 is 0 Å². The summed E-state index contributed by atoms with van der Waals surface area (Å²) in [5, 5.41) is 16.7. The maximum absolute atomic E-state index is 4.90. The van der Waals surface area contributed by atoms with Gasteiger partial charge in [0.25, 0.3) is 0 Å². The van der Waals surface area contributed by atoms with Crippen molar-refractivity contribution in [3.05, 3.63) is 54.7 Å². The predicted molar refractivity (Wildman–Crippen MR) is 98.6 cm³/mol. The number of fused-ring (bicyclic) bond motifs is 2. The van der Waals surface area contributed by atoms with Crippen LogP contribution < -0.4 is 10.6 Å². The Hall–Kier alpha value is -2.99. The monoisotopic (exact) mass is 330 g/mol. The second-order valence-corrected chi connectivity index (χ2v) is 6.36. The van der Waals surface area contributed by atoms with Gasteiger partial charge >= 0.3 is 0 Å². The molecular formula is C19H18N6. The number of hydrogen-bond acceptors (Lipinski definition) is 5. The Morgan fingerprint density at radius 1 is 1.04 bits per heavy atom. The fraction of sp³-hybridized carbons (Fsp3) is 0.211. The summed E-state index contributed by atoms with van der Waals surface area (Å²) in [6, 6.07) is 16.7. The van der Waals surface area contributed by atoms with Gasteiger partial charge in [0.15, 0.2) is 11.5 Å². The summed E-state index contributed by atoms with van der Waals surface area (Å²) in [4.78, 5) is 4.90. The van der Waals surface area contributed by atoms with E-state index in [-0.39, 0.29) is 0 Å². The Morgan fingerprint density at radius 3 is 2.96 bits per heavy atom. The topological polar surface area (TPSA) is 67.1 Å². The van der Waals surface area contributed by atoms with Crippen molar-refractivity contribution in [2.75, 3.05) is 18.4 Å². The predicted octanol–water partition coefficient (Wildman–Crippen LogP) is 2.72. The molecule has 0 unspecified atom stereocenters. The molecule has 1 aliphatic heterocycles. The number of pyridine rings is 2. The Bertz CT molecular complexity index is 1050. The molecule has 1 aromatic carbocycles.